The van der Waals surface area contributed by atoms with Crippen molar-refractivity contribution in [2.24, 2.45) is 0 Å². The van der Waals surface area contributed by atoms with Crippen LogP contribution in [0.1, 0.15) is 18.4 Å². The van der Waals surface area contributed by atoms with Crippen molar-refractivity contribution in [2.75, 3.05) is 20.2 Å². The number of aromatic hydroxyl groups is 1. The Hall–Kier alpha value is -0.580. The van der Waals surface area contributed by atoms with Gasteiger partial charge in [0.1, 0.15) is 5.75 Å². The van der Waals surface area contributed by atoms with Crippen molar-refractivity contribution in [3.8, 4) is 5.75 Å². The number of benzene rings is 1. The number of nitrogens with zero attached hydrogens (tertiary/aromatic N) is 1. The molecule has 1 aromatic rings. The van der Waals surface area contributed by atoms with Crippen molar-refractivity contribution >= 4 is 15.9 Å². The van der Waals surface area contributed by atoms with Gasteiger partial charge in [-0.25, -0.2) is 0 Å². The summed E-state index contributed by atoms with van der Waals surface area (Å²) in [6, 6.07) is 5.57. The third-order valence-corrected chi connectivity index (χ3v) is 3.72. The van der Waals surface area contributed by atoms with Gasteiger partial charge in [-0.3, -0.25) is 4.90 Å². The number of hydrogen-bond acceptors (Lipinski definition) is 3. The summed E-state index contributed by atoms with van der Waals surface area (Å²) < 4.78 is 6.40. The molecule has 94 valence electrons. The van der Waals surface area contributed by atoms with E-state index in [9.17, 15) is 5.11 Å². The third-order valence-electron chi connectivity index (χ3n) is 3.23. The number of hydrogen-bond donors (Lipinski definition) is 1. The van der Waals surface area contributed by atoms with Crippen LogP contribution < -0.4 is 0 Å². The van der Waals surface area contributed by atoms with Crippen LogP contribution in [0, 0.1) is 0 Å². The highest BCUT2D eigenvalue weighted by molar-refractivity contribution is 9.10. The average molecular weight is 300 g/mol. The van der Waals surface area contributed by atoms with Crippen molar-refractivity contribution in [3.05, 3.63) is 28.2 Å². The first-order valence-electron chi connectivity index (χ1n) is 5.91. The highest BCUT2D eigenvalue weighted by Crippen LogP contribution is 2.24. The second-order valence-corrected chi connectivity index (χ2v) is 5.42. The van der Waals surface area contributed by atoms with E-state index in [-0.39, 0.29) is 0 Å². The lowest BCUT2D eigenvalue weighted by atomic mass is 10.1. The molecule has 1 aromatic carbocycles. The Morgan fingerprint density at radius 2 is 2.35 bits per heavy atom. The zero-order valence-corrected chi connectivity index (χ0v) is 11.6. The zero-order valence-electron chi connectivity index (χ0n) is 10.0. The largest absolute Gasteiger partial charge is 0.508 e. The molecule has 0 spiro atoms. The van der Waals surface area contributed by atoms with Crippen molar-refractivity contribution in [3.63, 3.8) is 0 Å². The molecule has 1 saturated heterocycles. The van der Waals surface area contributed by atoms with E-state index in [1.807, 2.05) is 12.1 Å². The van der Waals surface area contributed by atoms with Crippen LogP contribution in [-0.4, -0.2) is 36.3 Å². The van der Waals surface area contributed by atoms with Crippen LogP contribution in [-0.2, 0) is 11.3 Å². The zero-order chi connectivity index (χ0) is 12.3. The smallest absolute Gasteiger partial charge is 0.120 e. The maximum Gasteiger partial charge on any atom is 0.120 e. The Bertz CT molecular complexity index is 384. The highest BCUT2D eigenvalue weighted by atomic mass is 79.9. The molecule has 0 aromatic heterocycles. The summed E-state index contributed by atoms with van der Waals surface area (Å²) in [4.78, 5) is 2.33. The van der Waals surface area contributed by atoms with Crippen LogP contribution >= 0.6 is 15.9 Å². The predicted octanol–water partition coefficient (Wildman–Crippen LogP) is 2.77. The number of phenols is 1. The van der Waals surface area contributed by atoms with Crippen LogP contribution in [0.2, 0.25) is 0 Å². The molecule has 3 nitrogen and oxygen atoms in total. The second kappa shape index (κ2) is 5.85. The lowest BCUT2D eigenvalue weighted by Crippen LogP contribution is -2.38. The quantitative estimate of drug-likeness (QED) is 0.931. The Morgan fingerprint density at radius 1 is 1.53 bits per heavy atom. The summed E-state index contributed by atoms with van der Waals surface area (Å²) in [5.74, 6) is 0.368. The standard InChI is InChI=1S/C13H18BrNO2/c1-17-12-3-2-6-15(9-12)8-10-7-11(14)4-5-13(10)16/h4-5,7,12,16H,2-3,6,8-9H2,1H3. The summed E-state index contributed by atoms with van der Waals surface area (Å²) in [7, 11) is 1.77. The Labute approximate surface area is 111 Å². The molecule has 0 bridgehead atoms. The minimum Gasteiger partial charge on any atom is -0.508 e. The van der Waals surface area contributed by atoms with Gasteiger partial charge in [-0.15, -0.1) is 0 Å². The molecule has 1 unspecified atom stereocenters. The van der Waals surface area contributed by atoms with E-state index in [4.69, 9.17) is 4.74 Å². The van der Waals surface area contributed by atoms with Gasteiger partial charge in [0, 0.05) is 30.2 Å². The van der Waals surface area contributed by atoms with Crippen molar-refractivity contribution in [1.82, 2.24) is 4.90 Å². The molecule has 17 heavy (non-hydrogen) atoms. The van der Waals surface area contributed by atoms with Gasteiger partial charge in [0.15, 0.2) is 0 Å². The molecule has 4 heteroatoms. The normalized spacial score (nSPS) is 21.6. The topological polar surface area (TPSA) is 32.7 Å². The number of ether oxygens (including phenoxy) is 1. The monoisotopic (exact) mass is 299 g/mol. The van der Waals surface area contributed by atoms with Gasteiger partial charge >= 0.3 is 0 Å². The SMILES string of the molecule is COC1CCCN(Cc2cc(Br)ccc2O)C1. The molecule has 1 aliphatic rings. The third kappa shape index (κ3) is 3.44. The van der Waals surface area contributed by atoms with Crippen molar-refractivity contribution in [1.29, 1.82) is 0 Å². The first kappa shape index (κ1) is 12.9. The molecule has 0 amide bonds. The van der Waals surface area contributed by atoms with Crippen molar-refractivity contribution < 1.29 is 9.84 Å². The van der Waals surface area contributed by atoms with Gasteiger partial charge in [-0.2, -0.15) is 0 Å². The number of methoxy groups -OCH3 is 1. The van der Waals surface area contributed by atoms with E-state index in [0.29, 0.717) is 11.9 Å². The lowest BCUT2D eigenvalue weighted by Gasteiger charge is -2.32. The molecule has 1 aliphatic heterocycles. The molecule has 0 radical (unpaired) electrons. The summed E-state index contributed by atoms with van der Waals surface area (Å²) in [5, 5.41) is 9.81. The summed E-state index contributed by atoms with van der Waals surface area (Å²) >= 11 is 3.43. The molecule has 2 rings (SSSR count). The van der Waals surface area contributed by atoms with E-state index in [1.165, 1.54) is 0 Å². The summed E-state index contributed by atoms with van der Waals surface area (Å²) in [6.45, 7) is 2.80. The Balaban J connectivity index is 2.02. The summed E-state index contributed by atoms with van der Waals surface area (Å²) in [5.41, 5.74) is 0.969. The molecule has 0 aliphatic carbocycles. The predicted molar refractivity (Wildman–Crippen MR) is 71.1 cm³/mol. The molecular formula is C13H18BrNO2. The van der Waals surface area contributed by atoms with Crippen LogP contribution in [0.25, 0.3) is 0 Å². The number of piperidine rings is 1. The van der Waals surface area contributed by atoms with Crippen LogP contribution in [0.3, 0.4) is 0 Å². The molecule has 1 heterocycles. The van der Waals surface area contributed by atoms with E-state index in [1.54, 1.807) is 13.2 Å². The van der Waals surface area contributed by atoms with E-state index in [0.717, 1.165) is 42.5 Å². The fourth-order valence-electron chi connectivity index (χ4n) is 2.27. The van der Waals surface area contributed by atoms with Gasteiger partial charge in [0.2, 0.25) is 0 Å². The second-order valence-electron chi connectivity index (χ2n) is 4.51. The van der Waals surface area contributed by atoms with Crippen LogP contribution in [0.5, 0.6) is 5.75 Å². The minimum atomic E-state index is 0.332. The van der Waals surface area contributed by atoms with Gasteiger partial charge in [-0.05, 0) is 37.6 Å². The van der Waals surface area contributed by atoms with Crippen molar-refractivity contribution in [2.45, 2.75) is 25.5 Å². The lowest BCUT2D eigenvalue weighted by molar-refractivity contribution is 0.0283. The Morgan fingerprint density at radius 3 is 3.12 bits per heavy atom. The van der Waals surface area contributed by atoms with Gasteiger partial charge < -0.3 is 9.84 Å². The fraction of sp³-hybridized carbons (Fsp3) is 0.538. The van der Waals surface area contributed by atoms with E-state index in [2.05, 4.69) is 20.8 Å². The molecule has 1 atom stereocenters. The van der Waals surface area contributed by atoms with Crippen LogP contribution in [0.4, 0.5) is 0 Å². The fourth-order valence-corrected chi connectivity index (χ4v) is 2.68. The van der Waals surface area contributed by atoms with E-state index >= 15 is 0 Å². The Kier molecular flexibility index (Phi) is 4.42. The summed E-state index contributed by atoms with van der Waals surface area (Å²) in [6.07, 6.45) is 2.63. The average Bonchev–Trinajstić information content (AvgIpc) is 2.34. The van der Waals surface area contributed by atoms with E-state index < -0.39 is 0 Å². The first-order chi connectivity index (χ1) is 8.19. The van der Waals surface area contributed by atoms with Gasteiger partial charge in [-0.1, -0.05) is 15.9 Å². The molecule has 1 N–H and O–H groups in total. The number of rotatable bonds is 3. The maximum absolute atomic E-state index is 9.81. The maximum atomic E-state index is 9.81. The van der Waals surface area contributed by atoms with Gasteiger partial charge in [0.05, 0.1) is 6.10 Å². The first-order valence-corrected chi connectivity index (χ1v) is 6.71. The number of phenolic OH excluding ortho intramolecular Hbond substituents is 1. The van der Waals surface area contributed by atoms with Crippen LogP contribution in [0.15, 0.2) is 22.7 Å². The highest BCUT2D eigenvalue weighted by Gasteiger charge is 2.20. The molecular weight excluding hydrogens is 282 g/mol. The molecule has 0 saturated carbocycles. The number of halogens is 1. The number of likely N-dealkylation sites (tertiary alicyclic amines) is 1. The molecule has 1 fully saturated rings. The van der Waals surface area contributed by atoms with Gasteiger partial charge in [0.25, 0.3) is 0 Å². The minimum absolute atomic E-state index is 0.332.